The molecule has 1 unspecified atom stereocenters. The van der Waals surface area contributed by atoms with Gasteiger partial charge in [0.05, 0.1) is 19.0 Å². The molecule has 2 N–H and O–H groups in total. The molecule has 4 heteroatoms. The first kappa shape index (κ1) is 16.7. The van der Waals surface area contributed by atoms with Gasteiger partial charge in [-0.2, -0.15) is 0 Å². The highest BCUT2D eigenvalue weighted by Crippen LogP contribution is 2.16. The molecule has 4 nitrogen and oxygen atoms in total. The van der Waals surface area contributed by atoms with Gasteiger partial charge in [0.15, 0.2) is 0 Å². The lowest BCUT2D eigenvalue weighted by molar-refractivity contribution is -0.126. The number of aryl methyl sites for hydroxylation is 1. The van der Waals surface area contributed by atoms with Gasteiger partial charge in [-0.15, -0.1) is 0 Å². The van der Waals surface area contributed by atoms with Crippen molar-refractivity contribution in [2.75, 3.05) is 6.54 Å². The van der Waals surface area contributed by atoms with Crippen LogP contribution in [-0.2, 0) is 16.0 Å². The van der Waals surface area contributed by atoms with Crippen LogP contribution in [0.1, 0.15) is 29.7 Å². The monoisotopic (exact) mass is 310 g/mol. The second-order valence-electron chi connectivity index (χ2n) is 5.58. The van der Waals surface area contributed by atoms with Crippen molar-refractivity contribution in [2.45, 2.75) is 26.3 Å². The standard InChI is InChI=1S/C19H22N2O2/c1-14-8-6-7-11-17(14)15(2)21-19(23)13-20-18(22)12-16-9-4-3-5-10-16/h3-11,15H,12-13H2,1-2H3,(H,20,22)(H,21,23). The zero-order valence-corrected chi connectivity index (χ0v) is 13.5. The SMILES string of the molecule is Cc1ccccc1C(C)NC(=O)CNC(=O)Cc1ccccc1. The highest BCUT2D eigenvalue weighted by molar-refractivity contribution is 5.85. The first-order chi connectivity index (χ1) is 11.1. The quantitative estimate of drug-likeness (QED) is 0.861. The molecule has 0 saturated heterocycles. The minimum Gasteiger partial charge on any atom is -0.348 e. The summed E-state index contributed by atoms with van der Waals surface area (Å²) >= 11 is 0. The summed E-state index contributed by atoms with van der Waals surface area (Å²) in [6, 6.07) is 17.3. The van der Waals surface area contributed by atoms with Crippen LogP contribution in [0.2, 0.25) is 0 Å². The van der Waals surface area contributed by atoms with E-state index >= 15 is 0 Å². The number of nitrogens with one attached hydrogen (secondary N) is 2. The van der Waals surface area contributed by atoms with Crippen LogP contribution in [0, 0.1) is 6.92 Å². The van der Waals surface area contributed by atoms with Crippen LogP contribution < -0.4 is 10.6 Å². The lowest BCUT2D eigenvalue weighted by Crippen LogP contribution is -2.38. The summed E-state index contributed by atoms with van der Waals surface area (Å²) in [5.74, 6) is -0.350. The van der Waals surface area contributed by atoms with E-state index in [0.29, 0.717) is 0 Å². The number of rotatable bonds is 6. The minimum absolute atomic E-state index is 0.0120. The highest BCUT2D eigenvalue weighted by atomic mass is 16.2. The molecule has 2 aromatic carbocycles. The van der Waals surface area contributed by atoms with Crippen LogP contribution in [0.3, 0.4) is 0 Å². The van der Waals surface area contributed by atoms with E-state index in [1.807, 2.05) is 68.4 Å². The maximum atomic E-state index is 12.0. The normalized spacial score (nSPS) is 11.6. The van der Waals surface area contributed by atoms with Crippen LogP contribution >= 0.6 is 0 Å². The number of benzene rings is 2. The fourth-order valence-electron chi connectivity index (χ4n) is 2.47. The first-order valence-electron chi connectivity index (χ1n) is 7.72. The van der Waals surface area contributed by atoms with Gasteiger partial charge in [-0.25, -0.2) is 0 Å². The van der Waals surface area contributed by atoms with E-state index in [1.165, 1.54) is 0 Å². The minimum atomic E-state index is -0.192. The lowest BCUT2D eigenvalue weighted by atomic mass is 10.0. The Morgan fingerprint density at radius 2 is 1.61 bits per heavy atom. The van der Waals surface area contributed by atoms with Gasteiger partial charge < -0.3 is 10.6 Å². The number of amides is 2. The van der Waals surface area contributed by atoms with E-state index in [1.54, 1.807) is 0 Å². The molecule has 2 aromatic rings. The summed E-state index contributed by atoms with van der Waals surface area (Å²) < 4.78 is 0. The summed E-state index contributed by atoms with van der Waals surface area (Å²) in [6.45, 7) is 3.94. The summed E-state index contributed by atoms with van der Waals surface area (Å²) in [5, 5.41) is 5.55. The van der Waals surface area contributed by atoms with E-state index in [-0.39, 0.29) is 30.8 Å². The second kappa shape index (κ2) is 8.13. The fraction of sp³-hybridized carbons (Fsp3) is 0.263. The van der Waals surface area contributed by atoms with E-state index in [0.717, 1.165) is 16.7 Å². The average molecular weight is 310 g/mol. The van der Waals surface area contributed by atoms with Gasteiger partial charge >= 0.3 is 0 Å². The molecular weight excluding hydrogens is 288 g/mol. The molecule has 0 aliphatic rings. The molecule has 0 fully saturated rings. The molecule has 0 aromatic heterocycles. The van der Waals surface area contributed by atoms with Gasteiger partial charge in [0.25, 0.3) is 0 Å². The zero-order valence-electron chi connectivity index (χ0n) is 13.5. The Balaban J connectivity index is 1.79. The first-order valence-corrected chi connectivity index (χ1v) is 7.72. The maximum absolute atomic E-state index is 12.0. The number of carbonyl (C=O) groups excluding carboxylic acids is 2. The van der Waals surface area contributed by atoms with Gasteiger partial charge in [-0.05, 0) is 30.5 Å². The fourth-order valence-corrected chi connectivity index (χ4v) is 2.47. The van der Waals surface area contributed by atoms with Crippen LogP contribution in [-0.4, -0.2) is 18.4 Å². The molecule has 1 atom stereocenters. The van der Waals surface area contributed by atoms with Gasteiger partial charge in [0, 0.05) is 0 Å². The summed E-state index contributed by atoms with van der Waals surface area (Å²) in [5.41, 5.74) is 3.14. The van der Waals surface area contributed by atoms with E-state index in [2.05, 4.69) is 10.6 Å². The van der Waals surface area contributed by atoms with Crippen LogP contribution in [0.5, 0.6) is 0 Å². The van der Waals surface area contributed by atoms with Crippen molar-refractivity contribution in [1.82, 2.24) is 10.6 Å². The third kappa shape index (κ3) is 5.25. The molecule has 0 spiro atoms. The Hall–Kier alpha value is -2.62. The Morgan fingerprint density at radius 1 is 0.957 bits per heavy atom. The number of hydrogen-bond donors (Lipinski definition) is 2. The summed E-state index contributed by atoms with van der Waals surface area (Å²) in [4.78, 5) is 23.8. The largest absolute Gasteiger partial charge is 0.348 e. The van der Waals surface area contributed by atoms with E-state index in [4.69, 9.17) is 0 Å². The Morgan fingerprint density at radius 3 is 2.30 bits per heavy atom. The molecule has 0 heterocycles. The lowest BCUT2D eigenvalue weighted by Gasteiger charge is -2.16. The zero-order chi connectivity index (χ0) is 16.7. The van der Waals surface area contributed by atoms with Crippen LogP contribution in [0.4, 0.5) is 0 Å². The van der Waals surface area contributed by atoms with Crippen molar-refractivity contribution in [3.63, 3.8) is 0 Å². The molecule has 0 aliphatic heterocycles. The Labute approximate surface area is 136 Å². The highest BCUT2D eigenvalue weighted by Gasteiger charge is 2.12. The third-order valence-corrected chi connectivity index (χ3v) is 3.69. The molecule has 0 radical (unpaired) electrons. The van der Waals surface area contributed by atoms with Gasteiger partial charge in [-0.1, -0.05) is 54.6 Å². The molecule has 2 rings (SSSR count). The van der Waals surface area contributed by atoms with E-state index < -0.39 is 0 Å². The summed E-state index contributed by atoms with van der Waals surface area (Å²) in [7, 11) is 0. The average Bonchev–Trinajstić information content (AvgIpc) is 2.54. The topological polar surface area (TPSA) is 58.2 Å². The third-order valence-electron chi connectivity index (χ3n) is 3.69. The van der Waals surface area contributed by atoms with Crippen molar-refractivity contribution >= 4 is 11.8 Å². The smallest absolute Gasteiger partial charge is 0.239 e. The summed E-state index contributed by atoms with van der Waals surface area (Å²) in [6.07, 6.45) is 0.279. The van der Waals surface area contributed by atoms with Gasteiger partial charge in [0.1, 0.15) is 0 Å². The molecular formula is C19H22N2O2. The molecule has 120 valence electrons. The van der Waals surface area contributed by atoms with E-state index in [9.17, 15) is 9.59 Å². The molecule has 0 aliphatic carbocycles. The van der Waals surface area contributed by atoms with Crippen molar-refractivity contribution < 1.29 is 9.59 Å². The Kier molecular flexibility index (Phi) is 5.92. The predicted octanol–water partition coefficient (Wildman–Crippen LogP) is 2.53. The van der Waals surface area contributed by atoms with Gasteiger partial charge in [-0.3, -0.25) is 9.59 Å². The Bertz CT molecular complexity index is 668. The predicted molar refractivity (Wildman–Crippen MR) is 90.9 cm³/mol. The second-order valence-corrected chi connectivity index (χ2v) is 5.58. The molecule has 0 bridgehead atoms. The molecule has 23 heavy (non-hydrogen) atoms. The molecule has 2 amide bonds. The molecule has 0 saturated carbocycles. The van der Waals surface area contributed by atoms with Crippen molar-refractivity contribution in [2.24, 2.45) is 0 Å². The van der Waals surface area contributed by atoms with Crippen molar-refractivity contribution in [3.8, 4) is 0 Å². The van der Waals surface area contributed by atoms with Crippen LogP contribution in [0.25, 0.3) is 0 Å². The number of carbonyl (C=O) groups is 2. The van der Waals surface area contributed by atoms with Gasteiger partial charge in [0.2, 0.25) is 11.8 Å². The van der Waals surface area contributed by atoms with Crippen molar-refractivity contribution in [1.29, 1.82) is 0 Å². The maximum Gasteiger partial charge on any atom is 0.239 e. The van der Waals surface area contributed by atoms with Crippen LogP contribution in [0.15, 0.2) is 54.6 Å². The van der Waals surface area contributed by atoms with Crippen molar-refractivity contribution in [3.05, 3.63) is 71.3 Å². The number of hydrogen-bond acceptors (Lipinski definition) is 2.